The molecule has 1 heterocycles. The van der Waals surface area contributed by atoms with Crippen LogP contribution in [0.4, 0.5) is 0 Å². The van der Waals surface area contributed by atoms with Gasteiger partial charge in [-0.15, -0.1) is 0 Å². The van der Waals surface area contributed by atoms with Gasteiger partial charge in [-0.1, -0.05) is 15.9 Å². The third-order valence-electron chi connectivity index (χ3n) is 3.37. The highest BCUT2D eigenvalue weighted by molar-refractivity contribution is 9.10. The van der Waals surface area contributed by atoms with Crippen LogP contribution in [0.1, 0.15) is 25.8 Å². The molecule has 19 heavy (non-hydrogen) atoms. The maximum Gasteiger partial charge on any atom is 0.243 e. The molecule has 1 fully saturated rings. The van der Waals surface area contributed by atoms with Crippen LogP contribution in [0.2, 0.25) is 0 Å². The highest BCUT2D eigenvalue weighted by Crippen LogP contribution is 2.24. The summed E-state index contributed by atoms with van der Waals surface area (Å²) in [5.74, 6) is 0.0273. The summed E-state index contributed by atoms with van der Waals surface area (Å²) in [4.78, 5) is 15.3. The Morgan fingerprint density at radius 1 is 1.58 bits per heavy atom. The lowest BCUT2D eigenvalue weighted by molar-refractivity contribution is -0.123. The van der Waals surface area contributed by atoms with E-state index < -0.39 is 0 Å². The molecule has 1 saturated carbocycles. The maximum absolute atomic E-state index is 12.2. The first-order valence-corrected chi connectivity index (χ1v) is 7.46. The molecule has 0 radical (unpaired) electrons. The molecule has 1 aliphatic carbocycles. The second kappa shape index (κ2) is 4.76. The molecule has 4 nitrogen and oxygen atoms in total. The minimum absolute atomic E-state index is 0.0273. The monoisotopic (exact) mass is 339 g/mol. The number of halogens is 1. The summed E-state index contributed by atoms with van der Waals surface area (Å²) in [6.07, 6.45) is 2.17. The predicted molar refractivity (Wildman–Crippen MR) is 80.7 cm³/mol. The number of hydrogen-bond donors (Lipinski definition) is 2. The average molecular weight is 340 g/mol. The molecule has 1 aromatic heterocycles. The molecule has 6 heteroatoms. The SMILES string of the molecule is CC(C(=O)NC1CC1)n1c(=S)[nH]c2ccc(Br)cc21. The number of hydrogen-bond acceptors (Lipinski definition) is 2. The fourth-order valence-electron chi connectivity index (χ4n) is 2.15. The van der Waals surface area contributed by atoms with E-state index in [-0.39, 0.29) is 11.9 Å². The van der Waals surface area contributed by atoms with Gasteiger partial charge in [0.2, 0.25) is 5.91 Å². The van der Waals surface area contributed by atoms with E-state index in [0.29, 0.717) is 10.8 Å². The van der Waals surface area contributed by atoms with Crippen LogP contribution in [0.3, 0.4) is 0 Å². The molecule has 1 aromatic carbocycles. The van der Waals surface area contributed by atoms with Crippen LogP contribution in [-0.2, 0) is 4.79 Å². The summed E-state index contributed by atoms with van der Waals surface area (Å²) in [6, 6.07) is 5.93. The minimum atomic E-state index is -0.309. The molecule has 1 unspecified atom stereocenters. The lowest BCUT2D eigenvalue weighted by atomic mass is 10.2. The van der Waals surface area contributed by atoms with Gasteiger partial charge < -0.3 is 14.9 Å². The van der Waals surface area contributed by atoms with Crippen LogP contribution < -0.4 is 5.32 Å². The van der Waals surface area contributed by atoms with Crippen molar-refractivity contribution in [2.24, 2.45) is 0 Å². The molecule has 2 N–H and O–H groups in total. The topological polar surface area (TPSA) is 49.8 Å². The van der Waals surface area contributed by atoms with Crippen molar-refractivity contribution in [1.29, 1.82) is 0 Å². The van der Waals surface area contributed by atoms with E-state index in [1.54, 1.807) is 0 Å². The number of nitrogens with one attached hydrogen (secondary N) is 2. The van der Waals surface area contributed by atoms with Crippen LogP contribution in [-0.4, -0.2) is 21.5 Å². The molecule has 1 aliphatic rings. The van der Waals surface area contributed by atoms with Crippen LogP contribution >= 0.6 is 28.1 Å². The molecule has 1 atom stereocenters. The quantitative estimate of drug-likeness (QED) is 0.843. The molecular formula is C13H14BrN3OS. The van der Waals surface area contributed by atoms with E-state index in [2.05, 4.69) is 26.2 Å². The van der Waals surface area contributed by atoms with E-state index in [1.807, 2.05) is 29.7 Å². The van der Waals surface area contributed by atoms with Gasteiger partial charge in [0.1, 0.15) is 6.04 Å². The van der Waals surface area contributed by atoms with Crippen molar-refractivity contribution < 1.29 is 4.79 Å². The second-order valence-corrected chi connectivity index (χ2v) is 6.22. The van der Waals surface area contributed by atoms with Crippen molar-refractivity contribution in [2.45, 2.75) is 31.8 Å². The molecule has 0 saturated heterocycles. The number of imidazole rings is 1. The first-order chi connectivity index (χ1) is 9.06. The number of fused-ring (bicyclic) bond motifs is 1. The molecule has 100 valence electrons. The van der Waals surface area contributed by atoms with Crippen molar-refractivity contribution in [3.63, 3.8) is 0 Å². The van der Waals surface area contributed by atoms with Crippen molar-refractivity contribution in [2.75, 3.05) is 0 Å². The Kier molecular flexibility index (Phi) is 3.22. The molecule has 1 amide bonds. The highest BCUT2D eigenvalue weighted by Gasteiger charge is 2.27. The normalized spacial score (nSPS) is 16.5. The molecule has 3 rings (SSSR count). The fraction of sp³-hybridized carbons (Fsp3) is 0.385. The number of carbonyl (C=O) groups is 1. The van der Waals surface area contributed by atoms with E-state index in [1.165, 1.54) is 0 Å². The van der Waals surface area contributed by atoms with Gasteiger partial charge in [-0.2, -0.15) is 0 Å². The fourth-order valence-corrected chi connectivity index (χ4v) is 2.86. The number of amides is 1. The number of carbonyl (C=O) groups excluding carboxylic acids is 1. The number of H-pyrrole nitrogens is 1. The van der Waals surface area contributed by atoms with Crippen LogP contribution in [0.5, 0.6) is 0 Å². The summed E-state index contributed by atoms with van der Waals surface area (Å²) < 4.78 is 3.41. The number of benzene rings is 1. The van der Waals surface area contributed by atoms with Gasteiger partial charge in [0, 0.05) is 10.5 Å². The zero-order valence-corrected chi connectivity index (χ0v) is 12.8. The van der Waals surface area contributed by atoms with Crippen molar-refractivity contribution in [3.8, 4) is 0 Å². The standard InChI is InChI=1S/C13H14BrN3OS/c1-7(12(18)15-9-3-4-9)17-11-6-8(14)2-5-10(11)16-13(17)19/h2,5-7,9H,3-4H2,1H3,(H,15,18)(H,16,19). The Hall–Kier alpha value is -1.14. The number of nitrogens with zero attached hydrogens (tertiary/aromatic N) is 1. The number of aromatic nitrogens is 2. The van der Waals surface area contributed by atoms with Gasteiger partial charge in [0.05, 0.1) is 11.0 Å². The van der Waals surface area contributed by atoms with Crippen LogP contribution in [0, 0.1) is 4.77 Å². The van der Waals surface area contributed by atoms with E-state index in [9.17, 15) is 4.79 Å². The largest absolute Gasteiger partial charge is 0.352 e. The molecular weight excluding hydrogens is 326 g/mol. The van der Waals surface area contributed by atoms with Gasteiger partial charge in [0.15, 0.2) is 4.77 Å². The third-order valence-corrected chi connectivity index (χ3v) is 4.16. The lowest BCUT2D eigenvalue weighted by Gasteiger charge is -2.14. The van der Waals surface area contributed by atoms with Gasteiger partial charge >= 0.3 is 0 Å². The van der Waals surface area contributed by atoms with Crippen molar-refractivity contribution in [3.05, 3.63) is 27.4 Å². The zero-order valence-electron chi connectivity index (χ0n) is 10.4. The average Bonchev–Trinajstić information content (AvgIpc) is 3.10. The van der Waals surface area contributed by atoms with Crippen LogP contribution in [0.25, 0.3) is 11.0 Å². The summed E-state index contributed by atoms with van der Waals surface area (Å²) in [5, 5.41) is 3.02. The lowest BCUT2D eigenvalue weighted by Crippen LogP contribution is -2.32. The van der Waals surface area contributed by atoms with Crippen LogP contribution in [0.15, 0.2) is 22.7 Å². The Morgan fingerprint density at radius 3 is 3.00 bits per heavy atom. The number of rotatable bonds is 3. The smallest absolute Gasteiger partial charge is 0.243 e. The zero-order chi connectivity index (χ0) is 13.6. The van der Waals surface area contributed by atoms with Crippen molar-refractivity contribution in [1.82, 2.24) is 14.9 Å². The van der Waals surface area contributed by atoms with Gasteiger partial charge in [-0.25, -0.2) is 0 Å². The number of aromatic amines is 1. The molecule has 0 spiro atoms. The Bertz CT molecular complexity index is 701. The predicted octanol–water partition coefficient (Wildman–Crippen LogP) is 3.30. The summed E-state index contributed by atoms with van der Waals surface area (Å²) in [5.41, 5.74) is 1.89. The molecule has 0 bridgehead atoms. The first kappa shape index (κ1) is 12.9. The van der Waals surface area contributed by atoms with E-state index in [0.717, 1.165) is 28.3 Å². The van der Waals surface area contributed by atoms with Gasteiger partial charge in [-0.3, -0.25) is 4.79 Å². The highest BCUT2D eigenvalue weighted by atomic mass is 79.9. The maximum atomic E-state index is 12.2. The van der Waals surface area contributed by atoms with Crippen molar-refractivity contribution >= 4 is 45.1 Å². The Labute approximate surface area is 124 Å². The van der Waals surface area contributed by atoms with Gasteiger partial charge in [-0.05, 0) is 50.2 Å². The molecule has 0 aliphatic heterocycles. The van der Waals surface area contributed by atoms with E-state index >= 15 is 0 Å². The Morgan fingerprint density at radius 2 is 2.32 bits per heavy atom. The molecule has 2 aromatic rings. The summed E-state index contributed by atoms with van der Waals surface area (Å²) in [7, 11) is 0. The Balaban J connectivity index is 2.02. The van der Waals surface area contributed by atoms with Gasteiger partial charge in [0.25, 0.3) is 0 Å². The third kappa shape index (κ3) is 2.47. The minimum Gasteiger partial charge on any atom is -0.352 e. The summed E-state index contributed by atoms with van der Waals surface area (Å²) >= 11 is 8.78. The second-order valence-electron chi connectivity index (χ2n) is 4.92. The first-order valence-electron chi connectivity index (χ1n) is 6.26. The summed E-state index contributed by atoms with van der Waals surface area (Å²) in [6.45, 7) is 1.88. The van der Waals surface area contributed by atoms with E-state index in [4.69, 9.17) is 12.2 Å².